The highest BCUT2D eigenvalue weighted by atomic mass is 35.5. The van der Waals surface area contributed by atoms with Crippen LogP contribution in [0.25, 0.3) is 11.1 Å². The number of carbonyl (C=O) groups is 1. The van der Waals surface area contributed by atoms with Crippen molar-refractivity contribution < 1.29 is 19.0 Å². The van der Waals surface area contributed by atoms with Crippen LogP contribution in [0.3, 0.4) is 0 Å². The molecule has 0 amide bonds. The zero-order chi connectivity index (χ0) is 14.0. The van der Waals surface area contributed by atoms with Crippen molar-refractivity contribution in [1.82, 2.24) is 0 Å². The number of ether oxygens (including phenoxy) is 1. The Labute approximate surface area is 114 Å². The third-order valence-electron chi connectivity index (χ3n) is 2.68. The lowest BCUT2D eigenvalue weighted by Gasteiger charge is -2.13. The number of halogens is 2. The number of carboxylic acid groups (broad SMARTS) is 1. The summed E-state index contributed by atoms with van der Waals surface area (Å²) < 4.78 is 19.0. The highest BCUT2D eigenvalue weighted by Gasteiger charge is 2.23. The van der Waals surface area contributed by atoms with Crippen molar-refractivity contribution in [2.75, 3.05) is 7.11 Å². The van der Waals surface area contributed by atoms with Gasteiger partial charge in [0.15, 0.2) is 0 Å². The SMILES string of the molecule is COc1c(-c2ccccc2)cc(F)c(C(=O)O)c1Cl. The Bertz CT molecular complexity index is 626. The molecular formula is C14H10ClFO3. The van der Waals surface area contributed by atoms with E-state index in [9.17, 15) is 9.18 Å². The molecule has 0 saturated heterocycles. The minimum absolute atomic E-state index is 0.145. The van der Waals surface area contributed by atoms with Crippen LogP contribution >= 0.6 is 11.6 Å². The Morgan fingerprint density at radius 2 is 1.95 bits per heavy atom. The van der Waals surface area contributed by atoms with Gasteiger partial charge in [-0.05, 0) is 11.6 Å². The van der Waals surface area contributed by atoms with E-state index in [4.69, 9.17) is 21.4 Å². The number of aromatic carboxylic acids is 1. The van der Waals surface area contributed by atoms with Crippen LogP contribution in [0, 0.1) is 5.82 Å². The summed E-state index contributed by atoms with van der Waals surface area (Å²) in [5, 5.41) is 8.71. The smallest absolute Gasteiger partial charge is 0.340 e. The van der Waals surface area contributed by atoms with Gasteiger partial charge in [0, 0.05) is 5.56 Å². The Kier molecular flexibility index (Phi) is 3.71. The van der Waals surface area contributed by atoms with Crippen molar-refractivity contribution in [3.05, 3.63) is 52.8 Å². The lowest BCUT2D eigenvalue weighted by molar-refractivity contribution is 0.0691. The maximum atomic E-state index is 13.8. The van der Waals surface area contributed by atoms with Gasteiger partial charge in [-0.1, -0.05) is 41.9 Å². The summed E-state index contributed by atoms with van der Waals surface area (Å²) in [5.41, 5.74) is 0.519. The fourth-order valence-corrected chi connectivity index (χ4v) is 2.18. The van der Waals surface area contributed by atoms with E-state index in [1.165, 1.54) is 7.11 Å². The van der Waals surface area contributed by atoms with Gasteiger partial charge in [-0.15, -0.1) is 0 Å². The van der Waals surface area contributed by atoms with Gasteiger partial charge in [0.25, 0.3) is 0 Å². The first-order valence-corrected chi connectivity index (χ1v) is 5.78. The monoisotopic (exact) mass is 280 g/mol. The Hall–Kier alpha value is -2.07. The molecule has 0 saturated carbocycles. The lowest BCUT2D eigenvalue weighted by Crippen LogP contribution is -2.04. The zero-order valence-electron chi connectivity index (χ0n) is 9.98. The molecular weight excluding hydrogens is 271 g/mol. The van der Waals surface area contributed by atoms with Gasteiger partial charge in [-0.25, -0.2) is 9.18 Å². The van der Waals surface area contributed by atoms with Gasteiger partial charge in [0.1, 0.15) is 22.2 Å². The van der Waals surface area contributed by atoms with E-state index in [-0.39, 0.29) is 10.8 Å². The van der Waals surface area contributed by atoms with E-state index >= 15 is 0 Å². The molecule has 19 heavy (non-hydrogen) atoms. The Morgan fingerprint density at radius 1 is 1.32 bits per heavy atom. The van der Waals surface area contributed by atoms with Gasteiger partial charge >= 0.3 is 5.97 Å². The summed E-state index contributed by atoms with van der Waals surface area (Å²) in [6.45, 7) is 0. The molecule has 0 aliphatic heterocycles. The minimum Gasteiger partial charge on any atom is -0.495 e. The van der Waals surface area contributed by atoms with E-state index in [0.29, 0.717) is 11.1 Å². The van der Waals surface area contributed by atoms with Gasteiger partial charge in [0.2, 0.25) is 0 Å². The first kappa shape index (κ1) is 13.4. The summed E-state index contributed by atoms with van der Waals surface area (Å²) in [6, 6.07) is 10.0. The molecule has 1 N–H and O–H groups in total. The summed E-state index contributed by atoms with van der Waals surface area (Å²) in [5.74, 6) is -2.18. The first-order chi connectivity index (χ1) is 9.06. The van der Waals surface area contributed by atoms with Gasteiger partial charge < -0.3 is 9.84 Å². The van der Waals surface area contributed by atoms with Crippen molar-refractivity contribution in [3.8, 4) is 16.9 Å². The molecule has 0 aliphatic rings. The number of benzene rings is 2. The molecule has 5 heteroatoms. The van der Waals surface area contributed by atoms with Crippen molar-refractivity contribution in [1.29, 1.82) is 0 Å². The summed E-state index contributed by atoms with van der Waals surface area (Å²) >= 11 is 5.92. The van der Waals surface area contributed by atoms with Crippen LogP contribution < -0.4 is 4.74 Å². The van der Waals surface area contributed by atoms with E-state index in [1.807, 2.05) is 6.07 Å². The molecule has 2 aromatic rings. The predicted molar refractivity (Wildman–Crippen MR) is 70.4 cm³/mol. The molecule has 0 aromatic heterocycles. The molecule has 2 rings (SSSR count). The number of rotatable bonds is 3. The standard InChI is InChI=1S/C14H10ClFO3/c1-19-13-9(8-5-3-2-4-6-8)7-10(16)11(12(13)15)14(17)18/h2-7H,1H3,(H,17,18). The molecule has 0 fully saturated rings. The lowest BCUT2D eigenvalue weighted by atomic mass is 10.0. The average Bonchev–Trinajstić information content (AvgIpc) is 2.38. The van der Waals surface area contributed by atoms with Crippen LogP contribution in [-0.4, -0.2) is 18.2 Å². The number of carboxylic acids is 1. The maximum Gasteiger partial charge on any atom is 0.340 e. The molecule has 0 radical (unpaired) electrons. The highest BCUT2D eigenvalue weighted by molar-refractivity contribution is 6.35. The van der Waals surface area contributed by atoms with E-state index in [2.05, 4.69) is 0 Å². The maximum absolute atomic E-state index is 13.8. The minimum atomic E-state index is -1.43. The Balaban J connectivity index is 2.74. The summed E-state index contributed by atoms with van der Waals surface area (Å²) in [6.07, 6.45) is 0. The highest BCUT2D eigenvalue weighted by Crippen LogP contribution is 2.39. The van der Waals surface area contributed by atoms with E-state index in [0.717, 1.165) is 6.07 Å². The molecule has 2 aromatic carbocycles. The second kappa shape index (κ2) is 5.28. The van der Waals surface area contributed by atoms with Crippen molar-refractivity contribution >= 4 is 17.6 Å². The van der Waals surface area contributed by atoms with Crippen LogP contribution in [0.1, 0.15) is 10.4 Å². The quantitative estimate of drug-likeness (QED) is 0.929. The van der Waals surface area contributed by atoms with E-state index in [1.54, 1.807) is 24.3 Å². The second-order valence-corrected chi connectivity index (χ2v) is 4.18. The summed E-state index contributed by atoms with van der Waals surface area (Å²) in [4.78, 5) is 11.0. The fourth-order valence-electron chi connectivity index (χ4n) is 1.83. The zero-order valence-corrected chi connectivity index (χ0v) is 10.7. The first-order valence-electron chi connectivity index (χ1n) is 5.41. The molecule has 0 unspecified atom stereocenters. The molecule has 0 spiro atoms. The van der Waals surface area contributed by atoms with Crippen LogP contribution in [0.2, 0.25) is 5.02 Å². The number of methoxy groups -OCH3 is 1. The van der Waals surface area contributed by atoms with Crippen LogP contribution in [0.5, 0.6) is 5.75 Å². The largest absolute Gasteiger partial charge is 0.495 e. The molecule has 0 atom stereocenters. The predicted octanol–water partition coefficient (Wildman–Crippen LogP) is 3.85. The molecule has 0 heterocycles. The third kappa shape index (κ3) is 2.39. The molecule has 98 valence electrons. The van der Waals surface area contributed by atoms with E-state index < -0.39 is 17.3 Å². The molecule has 0 aliphatic carbocycles. The van der Waals surface area contributed by atoms with Crippen molar-refractivity contribution in [2.24, 2.45) is 0 Å². The third-order valence-corrected chi connectivity index (χ3v) is 3.04. The number of hydrogen-bond acceptors (Lipinski definition) is 2. The Morgan fingerprint density at radius 3 is 2.47 bits per heavy atom. The van der Waals surface area contributed by atoms with Crippen molar-refractivity contribution in [2.45, 2.75) is 0 Å². The second-order valence-electron chi connectivity index (χ2n) is 3.80. The van der Waals surface area contributed by atoms with Gasteiger partial charge in [-0.2, -0.15) is 0 Å². The van der Waals surface area contributed by atoms with Gasteiger partial charge in [-0.3, -0.25) is 0 Å². The normalized spacial score (nSPS) is 10.3. The van der Waals surface area contributed by atoms with Crippen LogP contribution in [-0.2, 0) is 0 Å². The van der Waals surface area contributed by atoms with Gasteiger partial charge in [0.05, 0.1) is 7.11 Å². The van der Waals surface area contributed by atoms with Crippen LogP contribution in [0.4, 0.5) is 4.39 Å². The molecule has 3 nitrogen and oxygen atoms in total. The van der Waals surface area contributed by atoms with Crippen molar-refractivity contribution in [3.63, 3.8) is 0 Å². The molecule has 0 bridgehead atoms. The fraction of sp³-hybridized carbons (Fsp3) is 0.0714. The number of hydrogen-bond donors (Lipinski definition) is 1. The topological polar surface area (TPSA) is 46.5 Å². The average molecular weight is 281 g/mol. The van der Waals surface area contributed by atoms with Crippen LogP contribution in [0.15, 0.2) is 36.4 Å². The summed E-state index contributed by atoms with van der Waals surface area (Å²) in [7, 11) is 1.36.